The van der Waals surface area contributed by atoms with Gasteiger partial charge in [0.2, 0.25) is 0 Å². The molecule has 0 aromatic heterocycles. The summed E-state index contributed by atoms with van der Waals surface area (Å²) in [4.78, 5) is 14.5. The number of aryl methyl sites for hydroxylation is 1. The maximum absolute atomic E-state index is 12.5. The minimum Gasteiger partial charge on any atom is -0.481 e. The first-order valence-electron chi connectivity index (χ1n) is 7.82. The van der Waals surface area contributed by atoms with Gasteiger partial charge in [-0.05, 0) is 50.7 Å². The standard InChI is InChI=1S/C17H24N2O2/c1-11-3-6-14(7-4-11)21-12(2)17(20)19-9-13-5-8-16(18)15(13)10-19/h3-4,6-7,12-13,15-16H,5,8-10,18H2,1-2H3. The summed E-state index contributed by atoms with van der Waals surface area (Å²) in [5, 5.41) is 0. The van der Waals surface area contributed by atoms with E-state index in [4.69, 9.17) is 10.5 Å². The predicted octanol–water partition coefficient (Wildman–Crippen LogP) is 1.96. The van der Waals surface area contributed by atoms with Gasteiger partial charge in [-0.25, -0.2) is 0 Å². The third kappa shape index (κ3) is 2.91. The molecule has 114 valence electrons. The topological polar surface area (TPSA) is 55.6 Å². The van der Waals surface area contributed by atoms with E-state index in [1.54, 1.807) is 0 Å². The van der Waals surface area contributed by atoms with Gasteiger partial charge in [0.1, 0.15) is 5.75 Å². The average molecular weight is 288 g/mol. The summed E-state index contributed by atoms with van der Waals surface area (Å²) < 4.78 is 5.77. The molecular formula is C17H24N2O2. The van der Waals surface area contributed by atoms with E-state index in [1.165, 1.54) is 5.56 Å². The van der Waals surface area contributed by atoms with Crippen LogP contribution in [0.5, 0.6) is 5.75 Å². The monoisotopic (exact) mass is 288 g/mol. The number of hydrogen-bond donors (Lipinski definition) is 1. The van der Waals surface area contributed by atoms with Crippen molar-refractivity contribution in [1.29, 1.82) is 0 Å². The molecule has 1 aliphatic carbocycles. The Morgan fingerprint density at radius 2 is 2.00 bits per heavy atom. The number of carbonyl (C=O) groups is 1. The molecule has 4 heteroatoms. The minimum atomic E-state index is -0.442. The first-order valence-corrected chi connectivity index (χ1v) is 7.82. The maximum atomic E-state index is 12.5. The predicted molar refractivity (Wildman–Crippen MR) is 82.0 cm³/mol. The number of nitrogens with zero attached hydrogens (tertiary/aromatic N) is 1. The minimum absolute atomic E-state index is 0.0807. The number of amides is 1. The molecule has 2 aliphatic rings. The van der Waals surface area contributed by atoms with Crippen LogP contribution in [0.4, 0.5) is 0 Å². The summed E-state index contributed by atoms with van der Waals surface area (Å²) in [5.74, 6) is 1.91. The normalized spacial score (nSPS) is 29.3. The summed E-state index contributed by atoms with van der Waals surface area (Å²) in [6.45, 7) is 5.51. The van der Waals surface area contributed by atoms with Crippen molar-refractivity contribution in [3.8, 4) is 5.75 Å². The van der Waals surface area contributed by atoms with Crippen molar-refractivity contribution in [3.63, 3.8) is 0 Å². The van der Waals surface area contributed by atoms with Crippen LogP contribution in [0.15, 0.2) is 24.3 Å². The lowest BCUT2D eigenvalue weighted by Crippen LogP contribution is -2.40. The van der Waals surface area contributed by atoms with E-state index >= 15 is 0 Å². The molecule has 1 aromatic carbocycles. The second-order valence-corrected chi connectivity index (χ2v) is 6.48. The summed E-state index contributed by atoms with van der Waals surface area (Å²) in [7, 11) is 0. The largest absolute Gasteiger partial charge is 0.481 e. The molecule has 1 saturated carbocycles. The maximum Gasteiger partial charge on any atom is 0.263 e. The molecule has 2 N–H and O–H groups in total. The molecule has 3 rings (SSSR count). The molecule has 1 aromatic rings. The zero-order valence-electron chi connectivity index (χ0n) is 12.8. The van der Waals surface area contributed by atoms with Crippen LogP contribution in [-0.4, -0.2) is 36.0 Å². The van der Waals surface area contributed by atoms with Crippen LogP contribution in [0, 0.1) is 18.8 Å². The Morgan fingerprint density at radius 1 is 1.29 bits per heavy atom. The molecule has 4 unspecified atom stereocenters. The Kier molecular flexibility index (Phi) is 3.89. The highest BCUT2D eigenvalue weighted by Gasteiger charge is 2.43. The van der Waals surface area contributed by atoms with Crippen LogP contribution in [0.25, 0.3) is 0 Å². The van der Waals surface area contributed by atoms with Crippen molar-refractivity contribution in [3.05, 3.63) is 29.8 Å². The average Bonchev–Trinajstić information content (AvgIpc) is 3.03. The Hall–Kier alpha value is -1.55. The zero-order chi connectivity index (χ0) is 15.0. The van der Waals surface area contributed by atoms with Crippen molar-refractivity contribution >= 4 is 5.91 Å². The fourth-order valence-electron chi connectivity index (χ4n) is 3.62. The molecule has 0 bridgehead atoms. The molecule has 21 heavy (non-hydrogen) atoms. The number of benzene rings is 1. The Balaban J connectivity index is 1.59. The van der Waals surface area contributed by atoms with Gasteiger partial charge < -0.3 is 15.4 Å². The molecule has 0 spiro atoms. The van der Waals surface area contributed by atoms with Gasteiger partial charge in [0.05, 0.1) is 0 Å². The molecule has 4 atom stereocenters. The smallest absolute Gasteiger partial charge is 0.263 e. The third-order valence-electron chi connectivity index (χ3n) is 4.91. The Morgan fingerprint density at radius 3 is 2.67 bits per heavy atom. The zero-order valence-corrected chi connectivity index (χ0v) is 12.8. The Labute approximate surface area is 126 Å². The Bertz CT molecular complexity index is 514. The highest BCUT2D eigenvalue weighted by Crippen LogP contribution is 2.37. The fraction of sp³-hybridized carbons (Fsp3) is 0.588. The van der Waals surface area contributed by atoms with Gasteiger partial charge >= 0.3 is 0 Å². The van der Waals surface area contributed by atoms with E-state index in [1.807, 2.05) is 43.0 Å². The molecule has 0 radical (unpaired) electrons. The van der Waals surface area contributed by atoms with Crippen molar-refractivity contribution < 1.29 is 9.53 Å². The van der Waals surface area contributed by atoms with Crippen molar-refractivity contribution in [2.45, 2.75) is 38.8 Å². The van der Waals surface area contributed by atoms with Gasteiger partial charge in [-0.15, -0.1) is 0 Å². The van der Waals surface area contributed by atoms with Gasteiger partial charge in [-0.3, -0.25) is 4.79 Å². The first-order chi connectivity index (χ1) is 10.0. The van der Waals surface area contributed by atoms with E-state index in [2.05, 4.69) is 0 Å². The first kappa shape index (κ1) is 14.4. The van der Waals surface area contributed by atoms with Crippen molar-refractivity contribution in [2.75, 3.05) is 13.1 Å². The number of hydrogen-bond acceptors (Lipinski definition) is 3. The van der Waals surface area contributed by atoms with E-state index in [9.17, 15) is 4.79 Å². The van der Waals surface area contributed by atoms with E-state index in [0.717, 1.165) is 31.7 Å². The number of carbonyl (C=O) groups excluding carboxylic acids is 1. The molecule has 1 saturated heterocycles. The molecule has 1 amide bonds. The molecule has 1 heterocycles. The molecule has 4 nitrogen and oxygen atoms in total. The summed E-state index contributed by atoms with van der Waals surface area (Å²) in [5.41, 5.74) is 7.31. The van der Waals surface area contributed by atoms with Crippen LogP contribution in [0.2, 0.25) is 0 Å². The summed E-state index contributed by atoms with van der Waals surface area (Å²) in [6, 6.07) is 8.07. The van der Waals surface area contributed by atoms with Gasteiger partial charge in [0.25, 0.3) is 5.91 Å². The summed E-state index contributed by atoms with van der Waals surface area (Å²) >= 11 is 0. The fourth-order valence-corrected chi connectivity index (χ4v) is 3.62. The van der Waals surface area contributed by atoms with E-state index in [-0.39, 0.29) is 11.9 Å². The number of fused-ring (bicyclic) bond motifs is 1. The van der Waals surface area contributed by atoms with Crippen molar-refractivity contribution in [1.82, 2.24) is 4.90 Å². The second-order valence-electron chi connectivity index (χ2n) is 6.48. The van der Waals surface area contributed by atoms with E-state index in [0.29, 0.717) is 11.8 Å². The van der Waals surface area contributed by atoms with Crippen LogP contribution in [0.1, 0.15) is 25.3 Å². The molecule has 1 aliphatic heterocycles. The van der Waals surface area contributed by atoms with Crippen molar-refractivity contribution in [2.24, 2.45) is 17.6 Å². The van der Waals surface area contributed by atoms with Gasteiger partial charge in [-0.2, -0.15) is 0 Å². The number of ether oxygens (including phenoxy) is 1. The quantitative estimate of drug-likeness (QED) is 0.925. The molecular weight excluding hydrogens is 264 g/mol. The molecule has 2 fully saturated rings. The third-order valence-corrected chi connectivity index (χ3v) is 4.91. The summed E-state index contributed by atoms with van der Waals surface area (Å²) in [6.07, 6.45) is 1.82. The van der Waals surface area contributed by atoms with Crippen LogP contribution >= 0.6 is 0 Å². The van der Waals surface area contributed by atoms with Gasteiger partial charge in [-0.1, -0.05) is 17.7 Å². The number of nitrogens with two attached hydrogens (primary N) is 1. The number of likely N-dealkylation sites (tertiary alicyclic amines) is 1. The highest BCUT2D eigenvalue weighted by atomic mass is 16.5. The van der Waals surface area contributed by atoms with Gasteiger partial charge in [0.15, 0.2) is 6.10 Å². The lowest BCUT2D eigenvalue weighted by Gasteiger charge is -2.23. The SMILES string of the molecule is Cc1ccc(OC(C)C(=O)N2CC3CCC(N)C3C2)cc1. The highest BCUT2D eigenvalue weighted by molar-refractivity contribution is 5.81. The van der Waals surface area contributed by atoms with E-state index < -0.39 is 6.10 Å². The van der Waals surface area contributed by atoms with Gasteiger partial charge in [0, 0.05) is 19.1 Å². The van der Waals surface area contributed by atoms with Crippen LogP contribution < -0.4 is 10.5 Å². The second kappa shape index (κ2) is 5.68. The van der Waals surface area contributed by atoms with Crippen LogP contribution in [0.3, 0.4) is 0 Å². The number of rotatable bonds is 3. The lowest BCUT2D eigenvalue weighted by atomic mass is 9.98. The van der Waals surface area contributed by atoms with Crippen LogP contribution in [-0.2, 0) is 4.79 Å². The lowest BCUT2D eigenvalue weighted by molar-refractivity contribution is -0.137.